The summed E-state index contributed by atoms with van der Waals surface area (Å²) in [6, 6.07) is 0.408. The van der Waals surface area contributed by atoms with E-state index in [1.165, 1.54) is 19.3 Å². The SMILES string of the molecule is CCN(CC)C(=O)N/C=C\C(=N/C)Oc1ncc(C(F)(F)F)cc1Cl. The van der Waals surface area contributed by atoms with Crippen LogP contribution in [0.25, 0.3) is 0 Å². The maximum atomic E-state index is 12.6. The van der Waals surface area contributed by atoms with Crippen LogP contribution in [0.4, 0.5) is 18.0 Å². The molecule has 0 fully saturated rings. The van der Waals surface area contributed by atoms with E-state index in [0.29, 0.717) is 25.4 Å². The number of carbonyl (C=O) groups is 1. The first-order chi connectivity index (χ1) is 11.7. The number of aliphatic imine (C=N–C) groups is 1. The zero-order valence-electron chi connectivity index (χ0n) is 13.9. The fraction of sp³-hybridized carbons (Fsp3) is 0.400. The van der Waals surface area contributed by atoms with Crippen LogP contribution >= 0.6 is 11.6 Å². The number of pyridine rings is 1. The van der Waals surface area contributed by atoms with Gasteiger partial charge in [0, 0.05) is 38.6 Å². The number of nitrogens with zero attached hydrogens (tertiary/aromatic N) is 3. The first-order valence-electron chi connectivity index (χ1n) is 7.32. The number of ether oxygens (including phenoxy) is 1. The highest BCUT2D eigenvalue weighted by Gasteiger charge is 2.31. The lowest BCUT2D eigenvalue weighted by molar-refractivity contribution is -0.137. The molecule has 0 atom stereocenters. The van der Waals surface area contributed by atoms with Gasteiger partial charge in [-0.25, -0.2) is 9.78 Å². The monoisotopic (exact) mass is 378 g/mol. The predicted octanol–water partition coefficient (Wildman–Crippen LogP) is 3.73. The first kappa shape index (κ1) is 20.8. The fourth-order valence-electron chi connectivity index (χ4n) is 1.70. The third-order valence-corrected chi connectivity index (χ3v) is 3.31. The quantitative estimate of drug-likeness (QED) is 0.627. The smallest absolute Gasteiger partial charge is 0.417 e. The van der Waals surface area contributed by atoms with Crippen LogP contribution in [0.3, 0.4) is 0 Å². The normalized spacial score (nSPS) is 12.4. The molecule has 25 heavy (non-hydrogen) atoms. The molecule has 1 rings (SSSR count). The van der Waals surface area contributed by atoms with E-state index in [0.717, 1.165) is 0 Å². The lowest BCUT2D eigenvalue weighted by Crippen LogP contribution is -2.37. The van der Waals surface area contributed by atoms with Gasteiger partial charge < -0.3 is 15.0 Å². The van der Waals surface area contributed by atoms with Gasteiger partial charge in [0.2, 0.25) is 11.8 Å². The summed E-state index contributed by atoms with van der Waals surface area (Å²) in [5, 5.41) is 2.21. The Balaban J connectivity index is 2.77. The summed E-state index contributed by atoms with van der Waals surface area (Å²) in [6.07, 6.45) is -1.30. The highest BCUT2D eigenvalue weighted by Crippen LogP contribution is 2.33. The highest BCUT2D eigenvalue weighted by molar-refractivity contribution is 6.32. The van der Waals surface area contributed by atoms with Crippen LogP contribution in [0.5, 0.6) is 5.88 Å². The predicted molar refractivity (Wildman–Crippen MR) is 88.8 cm³/mol. The summed E-state index contributed by atoms with van der Waals surface area (Å²) in [5.74, 6) is -0.219. The number of carbonyl (C=O) groups excluding carboxylic acids is 1. The third-order valence-electron chi connectivity index (χ3n) is 3.04. The number of amides is 2. The van der Waals surface area contributed by atoms with E-state index in [1.54, 1.807) is 4.90 Å². The molecule has 0 saturated carbocycles. The molecule has 0 spiro atoms. The van der Waals surface area contributed by atoms with Crippen molar-refractivity contribution < 1.29 is 22.7 Å². The zero-order valence-corrected chi connectivity index (χ0v) is 14.6. The van der Waals surface area contributed by atoms with Crippen LogP contribution in [0.2, 0.25) is 5.02 Å². The summed E-state index contributed by atoms with van der Waals surface area (Å²) in [7, 11) is 1.41. The lowest BCUT2D eigenvalue weighted by atomic mass is 10.3. The molecule has 1 heterocycles. The molecule has 0 aromatic carbocycles. The minimum atomic E-state index is -4.55. The Labute approximate surface area is 148 Å². The van der Waals surface area contributed by atoms with Crippen LogP contribution in [-0.2, 0) is 6.18 Å². The molecule has 1 N–H and O–H groups in total. The van der Waals surface area contributed by atoms with Crippen molar-refractivity contribution in [2.45, 2.75) is 20.0 Å². The summed E-state index contributed by atoms with van der Waals surface area (Å²) < 4.78 is 43.0. The number of nitrogens with one attached hydrogen (secondary N) is 1. The van der Waals surface area contributed by atoms with Gasteiger partial charge in [-0.1, -0.05) is 11.6 Å². The largest absolute Gasteiger partial charge is 0.419 e. The Kier molecular flexibility index (Phi) is 7.69. The Hall–Kier alpha value is -2.29. The van der Waals surface area contributed by atoms with Gasteiger partial charge in [0.15, 0.2) is 0 Å². The molecule has 0 unspecified atom stereocenters. The summed E-state index contributed by atoms with van der Waals surface area (Å²) in [4.78, 5) is 20.7. The van der Waals surface area contributed by atoms with Crippen molar-refractivity contribution in [2.24, 2.45) is 4.99 Å². The lowest BCUT2D eigenvalue weighted by Gasteiger charge is -2.17. The Morgan fingerprint density at radius 1 is 1.44 bits per heavy atom. The molecule has 6 nitrogen and oxygen atoms in total. The van der Waals surface area contributed by atoms with E-state index < -0.39 is 11.7 Å². The standard InChI is InChI=1S/C15H18ClF3N4O2/c1-4-23(5-2)14(24)21-7-6-12(20-3)25-13-11(16)8-10(9-22-13)15(17,18)19/h6-9H,4-5H2,1-3H3,(H,21,24)/b7-6-,20-12+. The van der Waals surface area contributed by atoms with Crippen LogP contribution in [0, 0.1) is 0 Å². The number of alkyl halides is 3. The molecule has 138 valence electrons. The van der Waals surface area contributed by atoms with Crippen LogP contribution in [0.1, 0.15) is 19.4 Å². The summed E-state index contributed by atoms with van der Waals surface area (Å²) in [6.45, 7) is 4.78. The number of aromatic nitrogens is 1. The van der Waals surface area contributed by atoms with Crippen molar-refractivity contribution in [3.05, 3.63) is 35.1 Å². The third kappa shape index (κ3) is 6.26. The van der Waals surface area contributed by atoms with Crippen molar-refractivity contribution in [1.29, 1.82) is 0 Å². The molecule has 0 aliphatic heterocycles. The van der Waals surface area contributed by atoms with Gasteiger partial charge in [-0.3, -0.25) is 4.99 Å². The highest BCUT2D eigenvalue weighted by atomic mass is 35.5. The second-order valence-corrected chi connectivity index (χ2v) is 5.03. The number of hydrogen-bond donors (Lipinski definition) is 1. The molecule has 1 aromatic heterocycles. The number of halogens is 4. The van der Waals surface area contributed by atoms with Crippen molar-refractivity contribution in [3.8, 4) is 5.88 Å². The average molecular weight is 379 g/mol. The Morgan fingerprint density at radius 3 is 2.56 bits per heavy atom. The maximum Gasteiger partial charge on any atom is 0.417 e. The summed E-state index contributed by atoms with van der Waals surface area (Å²) in [5.41, 5.74) is -0.984. The molecular formula is C15H18ClF3N4O2. The van der Waals surface area contributed by atoms with Crippen molar-refractivity contribution in [3.63, 3.8) is 0 Å². The molecule has 10 heteroatoms. The van der Waals surface area contributed by atoms with E-state index in [-0.39, 0.29) is 22.8 Å². The van der Waals surface area contributed by atoms with E-state index in [2.05, 4.69) is 15.3 Å². The van der Waals surface area contributed by atoms with Gasteiger partial charge in [-0.15, -0.1) is 0 Å². The fourth-order valence-corrected chi connectivity index (χ4v) is 1.90. The number of urea groups is 1. The first-order valence-corrected chi connectivity index (χ1v) is 7.70. The van der Waals surface area contributed by atoms with Crippen molar-refractivity contribution >= 4 is 23.5 Å². The topological polar surface area (TPSA) is 66.8 Å². The Morgan fingerprint density at radius 2 is 2.08 bits per heavy atom. The molecular weight excluding hydrogens is 361 g/mol. The minimum absolute atomic E-state index is 0.00834. The van der Waals surface area contributed by atoms with Crippen LogP contribution < -0.4 is 10.1 Å². The van der Waals surface area contributed by atoms with Gasteiger partial charge in [-0.2, -0.15) is 13.2 Å². The number of rotatable bonds is 5. The minimum Gasteiger partial charge on any atom is -0.419 e. The number of hydrogen-bond acceptors (Lipinski definition) is 4. The molecule has 1 aromatic rings. The van der Waals surface area contributed by atoms with Crippen molar-refractivity contribution in [2.75, 3.05) is 20.1 Å². The Bertz CT molecular complexity index is 659. The van der Waals surface area contributed by atoms with Crippen LogP contribution in [-0.4, -0.2) is 41.9 Å². The van der Waals surface area contributed by atoms with Gasteiger partial charge in [0.25, 0.3) is 0 Å². The van der Waals surface area contributed by atoms with Gasteiger partial charge >= 0.3 is 12.2 Å². The van der Waals surface area contributed by atoms with E-state index in [9.17, 15) is 18.0 Å². The van der Waals surface area contributed by atoms with Gasteiger partial charge in [0.05, 0.1) is 5.56 Å². The van der Waals surface area contributed by atoms with E-state index >= 15 is 0 Å². The van der Waals surface area contributed by atoms with E-state index in [4.69, 9.17) is 16.3 Å². The second kappa shape index (κ2) is 9.26. The molecule has 0 bridgehead atoms. The zero-order chi connectivity index (χ0) is 19.0. The molecule has 0 saturated heterocycles. The van der Waals surface area contributed by atoms with Gasteiger partial charge in [0.1, 0.15) is 5.02 Å². The average Bonchev–Trinajstić information content (AvgIpc) is 2.55. The molecule has 0 aliphatic rings. The molecule has 0 radical (unpaired) electrons. The molecule has 2 amide bonds. The van der Waals surface area contributed by atoms with Crippen molar-refractivity contribution in [1.82, 2.24) is 15.2 Å². The van der Waals surface area contributed by atoms with Crippen LogP contribution in [0.15, 0.2) is 29.5 Å². The van der Waals surface area contributed by atoms with E-state index in [1.807, 2.05) is 13.8 Å². The van der Waals surface area contributed by atoms with Gasteiger partial charge in [-0.05, 0) is 19.9 Å². The summed E-state index contributed by atoms with van der Waals surface area (Å²) >= 11 is 5.76. The second-order valence-electron chi connectivity index (χ2n) is 4.63. The molecule has 0 aliphatic carbocycles. The maximum absolute atomic E-state index is 12.6.